The summed E-state index contributed by atoms with van der Waals surface area (Å²) >= 11 is 0. The van der Waals surface area contributed by atoms with Gasteiger partial charge in [0.05, 0.1) is 12.2 Å². The Bertz CT molecular complexity index is 641. The lowest BCUT2D eigenvalue weighted by atomic mass is 10.0. The molecular formula is C14H13F4NO3. The topological polar surface area (TPSA) is 46.6 Å². The highest BCUT2D eigenvalue weighted by molar-refractivity contribution is 6.24. The average Bonchev–Trinajstić information content (AvgIpc) is 2.45. The molecule has 0 saturated carbocycles. The number of rotatable bonds is 5. The van der Waals surface area contributed by atoms with E-state index in [4.69, 9.17) is 0 Å². The minimum Gasteiger partial charge on any atom is -0.462 e. The van der Waals surface area contributed by atoms with Crippen LogP contribution in [-0.4, -0.2) is 37.4 Å². The van der Waals surface area contributed by atoms with Crippen molar-refractivity contribution < 1.29 is 31.9 Å². The number of benzene rings is 1. The molecule has 0 saturated heterocycles. The fourth-order valence-corrected chi connectivity index (χ4v) is 1.55. The predicted octanol–water partition coefficient (Wildman–Crippen LogP) is 2.43. The zero-order valence-electron chi connectivity index (χ0n) is 12.0. The van der Waals surface area contributed by atoms with Crippen molar-refractivity contribution in [2.24, 2.45) is 0 Å². The van der Waals surface area contributed by atoms with Crippen molar-refractivity contribution in [2.75, 3.05) is 20.7 Å². The first kappa shape index (κ1) is 17.7. The molecular weight excluding hydrogens is 306 g/mol. The van der Waals surface area contributed by atoms with Gasteiger partial charge in [-0.2, -0.15) is 0 Å². The largest absolute Gasteiger partial charge is 0.462 e. The number of esters is 1. The van der Waals surface area contributed by atoms with Crippen LogP contribution in [0.3, 0.4) is 0 Å². The molecule has 0 atom stereocenters. The van der Waals surface area contributed by atoms with Crippen LogP contribution >= 0.6 is 0 Å². The number of hydrogen-bond donors (Lipinski definition) is 0. The van der Waals surface area contributed by atoms with Gasteiger partial charge in [-0.1, -0.05) is 0 Å². The fourth-order valence-electron chi connectivity index (χ4n) is 1.55. The summed E-state index contributed by atoms with van der Waals surface area (Å²) in [5.74, 6) is -10.2. The highest BCUT2D eigenvalue weighted by atomic mass is 19.2. The Morgan fingerprint density at radius 2 is 1.73 bits per heavy atom. The normalized spacial score (nSPS) is 11.3. The van der Waals surface area contributed by atoms with Gasteiger partial charge in [0.15, 0.2) is 23.3 Å². The second kappa shape index (κ2) is 7.06. The summed E-state index contributed by atoms with van der Waals surface area (Å²) in [6.45, 7) is 1.42. The molecule has 0 amide bonds. The molecule has 1 aromatic carbocycles. The van der Waals surface area contributed by atoms with Crippen LogP contribution in [-0.2, 0) is 9.53 Å². The number of hydrogen-bond acceptors (Lipinski definition) is 4. The molecule has 0 N–H and O–H groups in total. The summed E-state index contributed by atoms with van der Waals surface area (Å²) < 4.78 is 57.6. The van der Waals surface area contributed by atoms with Crippen LogP contribution in [0.25, 0.3) is 0 Å². The molecule has 0 unspecified atom stereocenters. The van der Waals surface area contributed by atoms with Gasteiger partial charge < -0.3 is 9.64 Å². The highest BCUT2D eigenvalue weighted by Gasteiger charge is 2.28. The Labute approximate surface area is 124 Å². The Morgan fingerprint density at radius 3 is 2.23 bits per heavy atom. The number of carbonyl (C=O) groups excluding carboxylic acids is 2. The van der Waals surface area contributed by atoms with E-state index in [1.165, 1.54) is 25.9 Å². The molecule has 4 nitrogen and oxygen atoms in total. The van der Waals surface area contributed by atoms with Gasteiger partial charge in [0.2, 0.25) is 5.78 Å². The molecule has 22 heavy (non-hydrogen) atoms. The molecule has 0 spiro atoms. The van der Waals surface area contributed by atoms with Crippen LogP contribution in [0.2, 0.25) is 0 Å². The molecule has 1 rings (SSSR count). The maximum absolute atomic E-state index is 13.6. The molecule has 0 radical (unpaired) electrons. The predicted molar refractivity (Wildman–Crippen MR) is 69.0 cm³/mol. The van der Waals surface area contributed by atoms with Gasteiger partial charge >= 0.3 is 5.97 Å². The van der Waals surface area contributed by atoms with Gasteiger partial charge in [0.1, 0.15) is 5.57 Å². The van der Waals surface area contributed by atoms with Crippen LogP contribution in [0, 0.1) is 23.3 Å². The van der Waals surface area contributed by atoms with Gasteiger partial charge in [-0.25, -0.2) is 22.4 Å². The van der Waals surface area contributed by atoms with Crippen molar-refractivity contribution in [3.63, 3.8) is 0 Å². The Kier molecular flexibility index (Phi) is 5.67. The van der Waals surface area contributed by atoms with Gasteiger partial charge in [-0.05, 0) is 13.0 Å². The molecule has 0 aliphatic heterocycles. The zero-order valence-corrected chi connectivity index (χ0v) is 12.0. The van der Waals surface area contributed by atoms with Crippen molar-refractivity contribution in [3.8, 4) is 0 Å². The molecule has 8 heteroatoms. The molecule has 0 aliphatic rings. The first-order valence-corrected chi connectivity index (χ1v) is 6.13. The van der Waals surface area contributed by atoms with E-state index in [0.717, 1.165) is 6.20 Å². The Hall–Kier alpha value is -2.38. The summed E-state index contributed by atoms with van der Waals surface area (Å²) in [5, 5.41) is 0. The molecule has 0 aromatic heterocycles. The van der Waals surface area contributed by atoms with Gasteiger partial charge in [0, 0.05) is 20.3 Å². The van der Waals surface area contributed by atoms with E-state index in [1.807, 2.05) is 0 Å². The second-order valence-electron chi connectivity index (χ2n) is 4.40. The van der Waals surface area contributed by atoms with E-state index in [1.54, 1.807) is 0 Å². The number of ether oxygens (including phenoxy) is 1. The summed E-state index contributed by atoms with van der Waals surface area (Å²) in [4.78, 5) is 25.2. The van der Waals surface area contributed by atoms with E-state index in [-0.39, 0.29) is 12.7 Å². The third-order valence-electron chi connectivity index (χ3n) is 2.47. The van der Waals surface area contributed by atoms with E-state index in [9.17, 15) is 27.2 Å². The van der Waals surface area contributed by atoms with Crippen LogP contribution < -0.4 is 0 Å². The average molecular weight is 319 g/mol. The second-order valence-corrected chi connectivity index (χ2v) is 4.40. The lowest BCUT2D eigenvalue weighted by Crippen LogP contribution is -2.21. The quantitative estimate of drug-likeness (QED) is 0.122. The summed E-state index contributed by atoms with van der Waals surface area (Å²) in [7, 11) is 2.93. The number of halogens is 4. The molecule has 120 valence electrons. The fraction of sp³-hybridized carbons (Fsp3) is 0.286. The first-order valence-electron chi connectivity index (χ1n) is 6.13. The van der Waals surface area contributed by atoms with E-state index in [0.29, 0.717) is 0 Å². The highest BCUT2D eigenvalue weighted by Crippen LogP contribution is 2.21. The van der Waals surface area contributed by atoms with Crippen LogP contribution in [0.1, 0.15) is 17.3 Å². The van der Waals surface area contributed by atoms with E-state index >= 15 is 0 Å². The molecule has 0 fully saturated rings. The van der Waals surface area contributed by atoms with E-state index in [2.05, 4.69) is 4.74 Å². The van der Waals surface area contributed by atoms with Crippen molar-refractivity contribution in [1.29, 1.82) is 0 Å². The standard InChI is InChI=1S/C14H13F4NO3/c1-4-22-14(21)8(6-19(2)3)13(20)7-5-9(15)11(17)12(18)10(7)16/h5-6H,4H2,1-3H3/b8-6-. The number of carbonyl (C=O) groups is 2. The van der Waals surface area contributed by atoms with Crippen molar-refractivity contribution in [3.05, 3.63) is 46.7 Å². The van der Waals surface area contributed by atoms with Crippen molar-refractivity contribution >= 4 is 11.8 Å². The summed E-state index contributed by atoms with van der Waals surface area (Å²) in [5.41, 5.74) is -1.74. The maximum atomic E-state index is 13.6. The lowest BCUT2D eigenvalue weighted by Gasteiger charge is -2.11. The maximum Gasteiger partial charge on any atom is 0.343 e. The number of nitrogens with zero attached hydrogens (tertiary/aromatic N) is 1. The molecule has 0 bridgehead atoms. The van der Waals surface area contributed by atoms with Gasteiger partial charge in [0.25, 0.3) is 0 Å². The van der Waals surface area contributed by atoms with Gasteiger partial charge in [-0.15, -0.1) is 0 Å². The molecule has 0 heterocycles. The molecule has 0 aliphatic carbocycles. The minimum absolute atomic E-state index is 0.0640. The molecule has 1 aromatic rings. The van der Waals surface area contributed by atoms with Crippen LogP contribution in [0.5, 0.6) is 0 Å². The first-order chi connectivity index (χ1) is 10.2. The number of ketones is 1. The number of Topliss-reactive ketones (excluding diaryl/α,β-unsaturated/α-hetero) is 1. The Balaban J connectivity index is 3.41. The summed E-state index contributed by atoms with van der Waals surface area (Å²) in [6.07, 6.45) is 1.01. The monoisotopic (exact) mass is 319 g/mol. The minimum atomic E-state index is -2.13. The van der Waals surface area contributed by atoms with Crippen LogP contribution in [0.4, 0.5) is 17.6 Å². The van der Waals surface area contributed by atoms with Crippen molar-refractivity contribution in [1.82, 2.24) is 4.90 Å². The smallest absolute Gasteiger partial charge is 0.343 e. The Morgan fingerprint density at radius 1 is 1.14 bits per heavy atom. The SMILES string of the molecule is CCOC(=O)/C(=C\N(C)C)C(=O)c1cc(F)c(F)c(F)c1F. The zero-order chi connectivity index (χ0) is 17.0. The van der Waals surface area contributed by atoms with Gasteiger partial charge in [-0.3, -0.25) is 4.79 Å². The lowest BCUT2D eigenvalue weighted by molar-refractivity contribution is -0.138. The van der Waals surface area contributed by atoms with Crippen LogP contribution in [0.15, 0.2) is 17.8 Å². The third-order valence-corrected chi connectivity index (χ3v) is 2.47. The summed E-state index contributed by atoms with van der Waals surface area (Å²) in [6, 6.07) is 0.193. The van der Waals surface area contributed by atoms with E-state index < -0.39 is 46.2 Å². The third kappa shape index (κ3) is 3.63. The van der Waals surface area contributed by atoms with Crippen molar-refractivity contribution in [2.45, 2.75) is 6.92 Å².